The number of aliphatic hydroxyl groups excluding tert-OH is 1. The van der Waals surface area contributed by atoms with Gasteiger partial charge in [0.1, 0.15) is 29.0 Å². The molecule has 1 atom stereocenters. The second kappa shape index (κ2) is 8.94. The molecular formula is C21H20FNO4S2. The molecule has 3 rings (SSSR count). The first kappa shape index (κ1) is 21.3. The number of thioether (sulfide) groups is 1. The van der Waals surface area contributed by atoms with Crippen molar-refractivity contribution in [2.75, 3.05) is 6.61 Å². The van der Waals surface area contributed by atoms with Gasteiger partial charge >= 0.3 is 5.97 Å². The van der Waals surface area contributed by atoms with E-state index in [4.69, 9.17) is 4.74 Å². The second-order valence-electron chi connectivity index (χ2n) is 6.81. The molecule has 0 fully saturated rings. The lowest BCUT2D eigenvalue weighted by Crippen LogP contribution is -2.26. The summed E-state index contributed by atoms with van der Waals surface area (Å²) in [5, 5.41) is 21.2. The van der Waals surface area contributed by atoms with Crippen LogP contribution in [-0.4, -0.2) is 32.5 Å². The van der Waals surface area contributed by atoms with Gasteiger partial charge in [0.15, 0.2) is 4.34 Å². The van der Waals surface area contributed by atoms with Crippen LogP contribution in [-0.2, 0) is 4.79 Å². The lowest BCUT2D eigenvalue weighted by Gasteiger charge is -2.16. The number of ether oxygens (including phenoxy) is 1. The molecule has 2 N–H and O–H groups in total. The fraction of sp³-hybridized carbons (Fsp3) is 0.238. The topological polar surface area (TPSA) is 79.7 Å². The third-order valence-electron chi connectivity index (χ3n) is 4.14. The molecule has 29 heavy (non-hydrogen) atoms. The van der Waals surface area contributed by atoms with E-state index in [2.05, 4.69) is 4.98 Å². The molecule has 0 amide bonds. The van der Waals surface area contributed by atoms with Crippen LogP contribution in [0.25, 0.3) is 11.1 Å². The van der Waals surface area contributed by atoms with Gasteiger partial charge in [0.25, 0.3) is 0 Å². The summed E-state index contributed by atoms with van der Waals surface area (Å²) in [6, 6.07) is 13.5. The average molecular weight is 434 g/mol. The Morgan fingerprint density at radius 3 is 2.34 bits per heavy atom. The summed E-state index contributed by atoms with van der Waals surface area (Å²) in [5.41, 5.74) is 2.27. The van der Waals surface area contributed by atoms with Crippen LogP contribution in [0.3, 0.4) is 0 Å². The number of carboxylic acid groups (broad SMARTS) is 1. The zero-order valence-electron chi connectivity index (χ0n) is 15.8. The van der Waals surface area contributed by atoms with Crippen molar-refractivity contribution in [3.8, 4) is 16.9 Å². The quantitative estimate of drug-likeness (QED) is 0.486. The van der Waals surface area contributed by atoms with Crippen molar-refractivity contribution in [3.63, 3.8) is 0 Å². The van der Waals surface area contributed by atoms with E-state index in [-0.39, 0.29) is 12.4 Å². The number of thiazole rings is 1. The molecule has 0 aliphatic rings. The van der Waals surface area contributed by atoms with E-state index in [9.17, 15) is 19.4 Å². The largest absolute Gasteiger partial charge is 0.490 e. The van der Waals surface area contributed by atoms with Crippen molar-refractivity contribution < 1.29 is 24.1 Å². The summed E-state index contributed by atoms with van der Waals surface area (Å²) in [7, 11) is 0. The number of aliphatic hydroxyl groups is 1. The summed E-state index contributed by atoms with van der Waals surface area (Å²) >= 11 is 2.43. The maximum Gasteiger partial charge on any atom is 0.319 e. The Hall–Kier alpha value is -2.42. The molecule has 0 saturated carbocycles. The van der Waals surface area contributed by atoms with Crippen LogP contribution in [0, 0.1) is 5.82 Å². The van der Waals surface area contributed by atoms with E-state index in [1.165, 1.54) is 23.5 Å². The number of aliphatic carboxylic acids is 1. The van der Waals surface area contributed by atoms with Gasteiger partial charge in [-0.1, -0.05) is 36.0 Å². The summed E-state index contributed by atoms with van der Waals surface area (Å²) in [6.45, 7) is 3.23. The number of carbonyl (C=O) groups is 1. The van der Waals surface area contributed by atoms with E-state index < -0.39 is 16.8 Å². The number of carboxylic acids is 1. The van der Waals surface area contributed by atoms with Gasteiger partial charge in [0.2, 0.25) is 0 Å². The summed E-state index contributed by atoms with van der Waals surface area (Å²) in [6.07, 6.45) is -0.926. The van der Waals surface area contributed by atoms with Crippen LogP contribution < -0.4 is 4.74 Å². The van der Waals surface area contributed by atoms with E-state index >= 15 is 0 Å². The molecule has 0 aliphatic heterocycles. The summed E-state index contributed by atoms with van der Waals surface area (Å²) < 4.78 is 18.2. The van der Waals surface area contributed by atoms with Crippen LogP contribution in [0.15, 0.2) is 58.3 Å². The van der Waals surface area contributed by atoms with Crippen LogP contribution in [0.5, 0.6) is 5.75 Å². The molecule has 2 aromatic carbocycles. The smallest absolute Gasteiger partial charge is 0.319 e. The number of hydrogen-bond donors (Lipinski definition) is 2. The van der Waals surface area contributed by atoms with Crippen molar-refractivity contribution in [3.05, 3.63) is 65.4 Å². The monoisotopic (exact) mass is 433 g/mol. The lowest BCUT2D eigenvalue weighted by atomic mass is 10.1. The molecule has 1 aromatic heterocycles. The fourth-order valence-electron chi connectivity index (χ4n) is 2.38. The van der Waals surface area contributed by atoms with E-state index in [0.717, 1.165) is 22.9 Å². The van der Waals surface area contributed by atoms with E-state index in [1.54, 1.807) is 43.5 Å². The second-order valence-corrected chi connectivity index (χ2v) is 9.54. The van der Waals surface area contributed by atoms with Gasteiger partial charge in [-0.25, -0.2) is 9.37 Å². The van der Waals surface area contributed by atoms with E-state index in [0.29, 0.717) is 15.8 Å². The molecule has 8 heteroatoms. The molecule has 0 radical (unpaired) electrons. The lowest BCUT2D eigenvalue weighted by molar-refractivity contribution is -0.138. The van der Waals surface area contributed by atoms with Gasteiger partial charge in [-0.15, -0.1) is 11.3 Å². The number of halogens is 1. The van der Waals surface area contributed by atoms with Crippen molar-refractivity contribution in [2.24, 2.45) is 0 Å². The van der Waals surface area contributed by atoms with Gasteiger partial charge in [-0.05, 0) is 49.2 Å². The predicted octanol–water partition coefficient (Wildman–Crippen LogP) is 5.02. The van der Waals surface area contributed by atoms with Gasteiger partial charge in [0, 0.05) is 5.38 Å². The van der Waals surface area contributed by atoms with Gasteiger partial charge in [0.05, 0.1) is 5.69 Å². The Kier molecular flexibility index (Phi) is 6.56. The van der Waals surface area contributed by atoms with Crippen molar-refractivity contribution in [2.45, 2.75) is 29.0 Å². The summed E-state index contributed by atoms with van der Waals surface area (Å²) in [4.78, 5) is 15.5. The van der Waals surface area contributed by atoms with Crippen molar-refractivity contribution in [1.82, 2.24) is 4.98 Å². The maximum absolute atomic E-state index is 13.0. The Labute approximate surface area is 176 Å². The summed E-state index contributed by atoms with van der Waals surface area (Å²) in [5.74, 6) is -0.614. The minimum absolute atomic E-state index is 0.0199. The highest BCUT2D eigenvalue weighted by Crippen LogP contribution is 2.35. The number of benzene rings is 2. The molecule has 0 saturated heterocycles. The molecule has 5 nitrogen and oxygen atoms in total. The number of aromatic nitrogens is 1. The zero-order valence-corrected chi connectivity index (χ0v) is 17.5. The molecule has 0 spiro atoms. The molecule has 3 aromatic rings. The SMILES string of the molecule is CC(C)(Sc1nc([C@@H](O)COc2ccc(-c3ccc(F)cc3)cc2)cs1)C(=O)O. The number of nitrogens with zero attached hydrogens (tertiary/aromatic N) is 1. The maximum atomic E-state index is 13.0. The van der Waals surface area contributed by atoms with E-state index in [1.807, 2.05) is 12.1 Å². The minimum atomic E-state index is -0.997. The molecule has 0 aliphatic carbocycles. The first-order valence-corrected chi connectivity index (χ1v) is 10.5. The first-order valence-electron chi connectivity index (χ1n) is 8.79. The average Bonchev–Trinajstić information content (AvgIpc) is 3.15. The number of hydrogen-bond acceptors (Lipinski definition) is 6. The molecule has 1 heterocycles. The normalized spacial score (nSPS) is 12.6. The standard InChI is InChI=1S/C21H20FNO4S2/c1-21(2,19(25)26)29-20-23-17(12-28-20)18(24)11-27-16-9-5-14(6-10-16)13-3-7-15(22)8-4-13/h3-10,12,18,24H,11H2,1-2H3,(H,25,26)/t18-/m0/s1. The van der Waals surface area contributed by atoms with Crippen LogP contribution >= 0.6 is 23.1 Å². The Morgan fingerprint density at radius 2 is 1.76 bits per heavy atom. The van der Waals surface area contributed by atoms with Gasteiger partial charge < -0.3 is 14.9 Å². The van der Waals surface area contributed by atoms with Gasteiger partial charge in [-0.3, -0.25) is 4.79 Å². The zero-order chi connectivity index (χ0) is 21.0. The van der Waals surface area contributed by atoms with Crippen molar-refractivity contribution >= 4 is 29.1 Å². The third-order valence-corrected chi connectivity index (χ3v) is 6.28. The molecule has 0 unspecified atom stereocenters. The first-order chi connectivity index (χ1) is 13.7. The van der Waals surface area contributed by atoms with Crippen LogP contribution in [0.4, 0.5) is 4.39 Å². The Bertz CT molecular complexity index is 971. The van der Waals surface area contributed by atoms with Crippen LogP contribution in [0.2, 0.25) is 0 Å². The molecule has 0 bridgehead atoms. The number of rotatable bonds is 8. The molecular weight excluding hydrogens is 413 g/mol. The van der Waals surface area contributed by atoms with Crippen LogP contribution in [0.1, 0.15) is 25.6 Å². The van der Waals surface area contributed by atoms with Gasteiger partial charge in [-0.2, -0.15) is 0 Å². The van der Waals surface area contributed by atoms with Crippen molar-refractivity contribution in [1.29, 1.82) is 0 Å². The fourth-order valence-corrected chi connectivity index (χ4v) is 4.60. The Balaban J connectivity index is 1.57. The minimum Gasteiger partial charge on any atom is -0.490 e. The highest BCUT2D eigenvalue weighted by molar-refractivity contribution is 8.02. The highest BCUT2D eigenvalue weighted by Gasteiger charge is 2.30. The highest BCUT2D eigenvalue weighted by atomic mass is 32.2. The predicted molar refractivity (Wildman–Crippen MR) is 112 cm³/mol. The third kappa shape index (κ3) is 5.56. The molecule has 152 valence electrons. The Morgan fingerprint density at radius 1 is 1.17 bits per heavy atom.